The van der Waals surface area contributed by atoms with Gasteiger partial charge < -0.3 is 10.2 Å². The van der Waals surface area contributed by atoms with Gasteiger partial charge in [0.2, 0.25) is 12.1 Å². The summed E-state index contributed by atoms with van der Waals surface area (Å²) < 4.78 is -1.17. The van der Waals surface area contributed by atoms with Gasteiger partial charge in [-0.3, -0.25) is 9.80 Å². The number of carbonyl (C=O) groups is 4. The van der Waals surface area contributed by atoms with E-state index >= 15 is 0 Å². The van der Waals surface area contributed by atoms with Gasteiger partial charge in [-0.15, -0.1) is 9.98 Å². The topological polar surface area (TPSA) is 140 Å². The van der Waals surface area contributed by atoms with Gasteiger partial charge in [0.1, 0.15) is 0 Å². The van der Waals surface area contributed by atoms with Gasteiger partial charge in [0, 0.05) is 37.4 Å². The van der Waals surface area contributed by atoms with E-state index < -0.39 is 45.1 Å². The monoisotopic (exact) mass is 490 g/mol. The highest BCUT2D eigenvalue weighted by molar-refractivity contribution is 6.06. The molecule has 2 N–H and O–H groups in total. The van der Waals surface area contributed by atoms with Crippen LogP contribution >= 0.6 is 0 Å². The number of rotatable bonds is 2. The van der Waals surface area contributed by atoms with Crippen molar-refractivity contribution >= 4 is 35.7 Å². The Kier molecular flexibility index (Phi) is 4.66. The van der Waals surface area contributed by atoms with Crippen molar-refractivity contribution in [3.05, 3.63) is 48.1 Å². The Hall–Kier alpha value is -4.34. The molecule has 36 heavy (non-hydrogen) atoms. The van der Waals surface area contributed by atoms with E-state index in [-0.39, 0.29) is 13.1 Å². The normalized spacial score (nSPS) is 32.8. The summed E-state index contributed by atoms with van der Waals surface area (Å²) in [4.78, 5) is 62.3. The predicted octanol–water partition coefficient (Wildman–Crippen LogP) is 1.52. The van der Waals surface area contributed by atoms with E-state index in [0.717, 1.165) is 9.80 Å². The minimum absolute atomic E-state index is 0.250. The van der Waals surface area contributed by atoms with Crippen molar-refractivity contribution in [2.24, 2.45) is 9.98 Å². The first-order chi connectivity index (χ1) is 17.3. The Bertz CT molecular complexity index is 1260. The second-order valence-electron chi connectivity index (χ2n) is 9.22. The van der Waals surface area contributed by atoms with Gasteiger partial charge >= 0.3 is 24.0 Å². The molecule has 6 heterocycles. The Morgan fingerprint density at radius 2 is 1.19 bits per heavy atom. The molecule has 6 aliphatic heterocycles. The lowest BCUT2D eigenvalue weighted by Gasteiger charge is -2.39. The second-order valence-corrected chi connectivity index (χ2v) is 9.22. The Labute approximate surface area is 205 Å². The molecular weight excluding hydrogens is 468 g/mol. The van der Waals surface area contributed by atoms with Crippen molar-refractivity contribution in [2.45, 2.75) is 37.8 Å². The molecule has 0 saturated carbocycles. The quantitative estimate of drug-likeness (QED) is 0.444. The Balaban J connectivity index is 1.44. The first kappa shape index (κ1) is 22.1. The lowest BCUT2D eigenvalue weighted by molar-refractivity contribution is -0.687. The number of hydrogen-bond donors (Lipinski definition) is 2. The smallest absolute Gasteiger partial charge is 0.408 e. The van der Waals surface area contributed by atoms with Gasteiger partial charge in [0.15, 0.2) is 12.1 Å². The number of aliphatic imine (C=N–C) groups is 2. The molecule has 0 aromatic rings. The fourth-order valence-electron chi connectivity index (χ4n) is 5.61. The summed E-state index contributed by atoms with van der Waals surface area (Å²) in [5, 5.41) is 19.2. The number of allylic oxidation sites excluding steroid dienone is 4. The first-order valence-corrected chi connectivity index (χ1v) is 11.7. The summed E-state index contributed by atoms with van der Waals surface area (Å²) in [6.07, 6.45) is 9.52. The minimum Gasteiger partial charge on any atom is -0.465 e. The molecule has 0 aromatic heterocycles. The number of amides is 4. The fourth-order valence-corrected chi connectivity index (χ4v) is 5.61. The van der Waals surface area contributed by atoms with Gasteiger partial charge in [-0.25, -0.2) is 19.2 Å². The zero-order valence-electron chi connectivity index (χ0n) is 19.1. The van der Waals surface area contributed by atoms with E-state index in [1.807, 2.05) is 0 Å². The zero-order valence-corrected chi connectivity index (χ0v) is 19.1. The molecular formula is C24H22N6O6+2. The highest BCUT2D eigenvalue weighted by Crippen LogP contribution is 2.40. The molecule has 0 aromatic carbocycles. The molecule has 12 nitrogen and oxygen atoms in total. The molecule has 182 valence electrons. The summed E-state index contributed by atoms with van der Waals surface area (Å²) in [7, 11) is 0. The SMILES string of the molecule is O=C(O)N1CCC[C@H]1C(=O)[N+]1(C#C[N+]2(C(=O)[C@@H]3CCCN3C(=O)O)c3cccc2n3)c2cccc1n2. The number of likely N-dealkylation sites (tertiary alicyclic amines) is 2. The number of nitrogens with zero attached hydrogens (tertiary/aromatic N) is 6. The van der Waals surface area contributed by atoms with Crippen LogP contribution in [-0.2, 0) is 9.59 Å². The average molecular weight is 490 g/mol. The third-order valence-electron chi connectivity index (χ3n) is 7.43. The van der Waals surface area contributed by atoms with Crippen LogP contribution in [0.25, 0.3) is 0 Å². The standard InChI is InChI=1S/C24H20N6O6/c31-21(15-5-3-11-27(15)23(33)34)29(17-7-1-8-18(29)25-17)13-14-30(19-9-2-10-20(30)26-19)22(32)16-6-4-12-28(16)24(35)36/h1-2,7-10,15-16H,3-6,11-12H2/p+2/t15-,16-/m0/s1. The molecule has 2 saturated heterocycles. The maximum Gasteiger partial charge on any atom is 0.408 e. The second kappa shape index (κ2) is 7.58. The van der Waals surface area contributed by atoms with Gasteiger partial charge in [0.25, 0.3) is 23.3 Å². The minimum atomic E-state index is -1.18. The summed E-state index contributed by atoms with van der Waals surface area (Å²) >= 11 is 0. The highest BCUT2D eigenvalue weighted by atomic mass is 16.4. The van der Waals surface area contributed by atoms with Crippen molar-refractivity contribution in [2.75, 3.05) is 13.1 Å². The summed E-state index contributed by atoms with van der Waals surface area (Å²) in [6.45, 7) is 0.500. The van der Waals surface area contributed by atoms with E-state index in [9.17, 15) is 29.4 Å². The molecule has 12 heteroatoms. The summed E-state index contributed by atoms with van der Waals surface area (Å²) in [5.41, 5.74) is 0. The van der Waals surface area contributed by atoms with Crippen molar-refractivity contribution in [1.82, 2.24) is 9.80 Å². The van der Waals surface area contributed by atoms with Crippen LogP contribution in [0.2, 0.25) is 0 Å². The number of fused-ring (bicyclic) bond motifs is 4. The lowest BCUT2D eigenvalue weighted by Crippen LogP contribution is -2.66. The maximum atomic E-state index is 13.9. The summed E-state index contributed by atoms with van der Waals surface area (Å²) in [6, 6.07) is 4.18. The van der Waals surface area contributed by atoms with Crippen molar-refractivity contribution < 1.29 is 38.4 Å². The Morgan fingerprint density at radius 1 is 0.778 bits per heavy atom. The number of quaternary nitrogens is 2. The molecule has 6 rings (SSSR count). The number of hydrogen-bond acceptors (Lipinski definition) is 6. The largest absolute Gasteiger partial charge is 0.465 e. The van der Waals surface area contributed by atoms with Crippen molar-refractivity contribution in [3.8, 4) is 12.1 Å². The lowest BCUT2D eigenvalue weighted by atomic mass is 10.1. The first-order valence-electron chi connectivity index (χ1n) is 11.7. The molecule has 4 bridgehead atoms. The van der Waals surface area contributed by atoms with Gasteiger partial charge in [-0.05, 0) is 37.8 Å². The third kappa shape index (κ3) is 2.72. The van der Waals surface area contributed by atoms with E-state index in [1.165, 1.54) is 0 Å². The van der Waals surface area contributed by atoms with E-state index in [0.29, 0.717) is 49.0 Å². The van der Waals surface area contributed by atoms with E-state index in [2.05, 4.69) is 22.1 Å². The molecule has 0 radical (unpaired) electrons. The molecule has 4 amide bonds. The highest BCUT2D eigenvalue weighted by Gasteiger charge is 2.63. The van der Waals surface area contributed by atoms with Crippen LogP contribution < -0.4 is 0 Å². The number of carboxylic acid groups (broad SMARTS) is 2. The van der Waals surface area contributed by atoms with E-state index in [4.69, 9.17) is 0 Å². The van der Waals surface area contributed by atoms with Crippen LogP contribution in [0.4, 0.5) is 9.59 Å². The molecule has 2 unspecified atom stereocenters. The van der Waals surface area contributed by atoms with Gasteiger partial charge in [0.05, 0.1) is 0 Å². The van der Waals surface area contributed by atoms with Crippen LogP contribution in [0.5, 0.6) is 0 Å². The van der Waals surface area contributed by atoms with Crippen LogP contribution in [0.15, 0.2) is 58.1 Å². The predicted molar refractivity (Wildman–Crippen MR) is 123 cm³/mol. The molecule has 2 fully saturated rings. The molecule has 4 atom stereocenters. The maximum absolute atomic E-state index is 13.9. The molecule has 0 aliphatic carbocycles. The number of amidine groups is 2. The average Bonchev–Trinajstić information content (AvgIpc) is 3.57. The fraction of sp³-hybridized carbons (Fsp3) is 0.333. The van der Waals surface area contributed by atoms with Gasteiger partial charge in [-0.2, -0.15) is 0 Å². The van der Waals surface area contributed by atoms with Crippen LogP contribution in [0, 0.1) is 12.1 Å². The molecule has 0 spiro atoms. The van der Waals surface area contributed by atoms with Gasteiger partial charge in [-0.1, -0.05) is 8.97 Å². The van der Waals surface area contributed by atoms with E-state index in [1.54, 1.807) is 36.5 Å². The Morgan fingerprint density at radius 3 is 1.50 bits per heavy atom. The van der Waals surface area contributed by atoms with Crippen molar-refractivity contribution in [1.29, 1.82) is 0 Å². The van der Waals surface area contributed by atoms with Crippen LogP contribution in [0.3, 0.4) is 0 Å². The zero-order chi connectivity index (χ0) is 25.2. The number of carbonyl (C=O) groups excluding carboxylic acids is 2. The van der Waals surface area contributed by atoms with Crippen molar-refractivity contribution in [3.63, 3.8) is 0 Å². The third-order valence-corrected chi connectivity index (χ3v) is 7.43. The van der Waals surface area contributed by atoms with Crippen LogP contribution in [0.1, 0.15) is 25.7 Å². The summed E-state index contributed by atoms with van der Waals surface area (Å²) in [5.74, 6) is 0.490. The van der Waals surface area contributed by atoms with Crippen LogP contribution in [-0.4, -0.2) is 89.8 Å². The molecule has 6 aliphatic rings.